The van der Waals surface area contributed by atoms with E-state index in [0.29, 0.717) is 41.6 Å². The zero-order valence-electron chi connectivity index (χ0n) is 18.8. The molecule has 1 N–H and O–H groups in total. The molecule has 5 rings (SSSR count). The van der Waals surface area contributed by atoms with Crippen molar-refractivity contribution in [1.82, 2.24) is 29.6 Å². The lowest BCUT2D eigenvalue weighted by Crippen LogP contribution is -2.38. The third kappa shape index (κ3) is 5.13. The summed E-state index contributed by atoms with van der Waals surface area (Å²) in [6.07, 6.45) is 6.56. The predicted molar refractivity (Wildman–Crippen MR) is 124 cm³/mol. The fourth-order valence-electron chi connectivity index (χ4n) is 4.17. The van der Waals surface area contributed by atoms with Crippen molar-refractivity contribution in [2.45, 2.75) is 19.1 Å². The molecule has 0 aromatic carbocycles. The lowest BCUT2D eigenvalue weighted by molar-refractivity contribution is 0.0360. The fourth-order valence-corrected chi connectivity index (χ4v) is 4.17. The van der Waals surface area contributed by atoms with Crippen LogP contribution in [0.3, 0.4) is 0 Å². The van der Waals surface area contributed by atoms with Gasteiger partial charge in [0.15, 0.2) is 0 Å². The number of hydrogen-bond acceptors (Lipinski definition) is 9. The van der Waals surface area contributed by atoms with Gasteiger partial charge in [-0.3, -0.25) is 9.58 Å². The summed E-state index contributed by atoms with van der Waals surface area (Å²) in [6.45, 7) is 6.00. The van der Waals surface area contributed by atoms with Gasteiger partial charge in [0, 0.05) is 50.3 Å². The molecular formula is C23H26FN9O. The molecule has 2 aliphatic rings. The van der Waals surface area contributed by atoms with E-state index in [4.69, 9.17) is 4.74 Å². The van der Waals surface area contributed by atoms with Crippen molar-refractivity contribution in [1.29, 1.82) is 5.26 Å². The maximum Gasteiger partial charge on any atom is 0.227 e. The molecule has 2 fully saturated rings. The first-order valence-electron chi connectivity index (χ1n) is 11.4. The molecule has 2 saturated heterocycles. The summed E-state index contributed by atoms with van der Waals surface area (Å²) < 4.78 is 20.9. The number of hydrogen-bond donors (Lipinski definition) is 1. The van der Waals surface area contributed by atoms with Crippen molar-refractivity contribution in [3.8, 4) is 17.3 Å². The molecular weight excluding hydrogens is 437 g/mol. The van der Waals surface area contributed by atoms with Crippen LogP contribution in [0, 0.1) is 11.3 Å². The Morgan fingerprint density at radius 3 is 2.85 bits per heavy atom. The van der Waals surface area contributed by atoms with Gasteiger partial charge in [-0.15, -0.1) is 0 Å². The average molecular weight is 464 g/mol. The molecule has 176 valence electrons. The minimum absolute atomic E-state index is 0.267. The van der Waals surface area contributed by atoms with Crippen molar-refractivity contribution < 1.29 is 9.13 Å². The Hall–Kier alpha value is -3.62. The Morgan fingerprint density at radius 1 is 1.18 bits per heavy atom. The van der Waals surface area contributed by atoms with E-state index < -0.39 is 6.17 Å². The largest absolute Gasteiger partial charge is 0.379 e. The van der Waals surface area contributed by atoms with Gasteiger partial charge in [0.05, 0.1) is 49.4 Å². The number of aromatic nitrogens is 5. The standard InChI is InChI=1S/C23H26FN9O/c24-19-2-4-32(15-19)22-17(12-25)11-18(13-27-22)21-1-3-26-23(30-21)29-20-14-28-33(16-20)6-5-31-7-9-34-10-8-31/h1,3,11,13-14,16,19H,2,4-10,15H2,(H,26,29,30)/t19-/m0/s1. The second kappa shape index (κ2) is 10.1. The second-order valence-corrected chi connectivity index (χ2v) is 8.38. The highest BCUT2D eigenvalue weighted by molar-refractivity contribution is 5.67. The molecule has 0 unspecified atom stereocenters. The van der Waals surface area contributed by atoms with E-state index in [1.54, 1.807) is 30.7 Å². The number of pyridine rings is 1. The van der Waals surface area contributed by atoms with Crippen LogP contribution >= 0.6 is 0 Å². The van der Waals surface area contributed by atoms with Crippen molar-refractivity contribution >= 4 is 17.5 Å². The predicted octanol–water partition coefficient (Wildman–Crippen LogP) is 2.23. The van der Waals surface area contributed by atoms with Crippen molar-refractivity contribution in [3.05, 3.63) is 42.5 Å². The summed E-state index contributed by atoms with van der Waals surface area (Å²) >= 11 is 0. The quantitative estimate of drug-likeness (QED) is 0.564. The van der Waals surface area contributed by atoms with E-state index in [1.807, 2.05) is 15.8 Å². The summed E-state index contributed by atoms with van der Waals surface area (Å²) in [5.74, 6) is 0.941. The summed E-state index contributed by atoms with van der Waals surface area (Å²) in [7, 11) is 0. The molecule has 11 heteroatoms. The maximum absolute atomic E-state index is 13.6. The van der Waals surface area contributed by atoms with E-state index in [-0.39, 0.29) is 6.54 Å². The fraction of sp³-hybridized carbons (Fsp3) is 0.435. The van der Waals surface area contributed by atoms with E-state index in [1.165, 1.54) is 0 Å². The smallest absolute Gasteiger partial charge is 0.227 e. The number of nitriles is 1. The average Bonchev–Trinajstić information content (AvgIpc) is 3.52. The third-order valence-corrected chi connectivity index (χ3v) is 6.01. The van der Waals surface area contributed by atoms with E-state index >= 15 is 0 Å². The molecule has 0 amide bonds. The molecule has 1 atom stereocenters. The Bertz CT molecular complexity index is 1170. The minimum Gasteiger partial charge on any atom is -0.379 e. The van der Waals surface area contributed by atoms with Crippen molar-refractivity contribution in [2.24, 2.45) is 0 Å². The van der Waals surface area contributed by atoms with Crippen LogP contribution in [0.2, 0.25) is 0 Å². The first-order valence-corrected chi connectivity index (χ1v) is 11.4. The van der Waals surface area contributed by atoms with Crippen LogP contribution in [-0.4, -0.2) is 81.7 Å². The van der Waals surface area contributed by atoms with Gasteiger partial charge in [0.2, 0.25) is 5.95 Å². The number of morpholine rings is 1. The number of rotatable bonds is 7. The molecule has 34 heavy (non-hydrogen) atoms. The minimum atomic E-state index is -0.882. The molecule has 0 radical (unpaired) electrons. The molecule has 3 aromatic rings. The van der Waals surface area contributed by atoms with E-state index in [2.05, 4.69) is 36.3 Å². The number of alkyl halides is 1. The number of nitrogens with one attached hydrogen (secondary N) is 1. The number of halogens is 1. The Labute approximate surface area is 197 Å². The summed E-state index contributed by atoms with van der Waals surface area (Å²) in [5, 5.41) is 17.2. The Morgan fingerprint density at radius 2 is 2.06 bits per heavy atom. The summed E-state index contributed by atoms with van der Waals surface area (Å²) in [5.41, 5.74) is 2.53. The zero-order chi connectivity index (χ0) is 23.3. The zero-order valence-corrected chi connectivity index (χ0v) is 18.8. The van der Waals surface area contributed by atoms with Gasteiger partial charge in [-0.05, 0) is 18.6 Å². The van der Waals surface area contributed by atoms with Crippen LogP contribution in [0.5, 0.6) is 0 Å². The Balaban J connectivity index is 1.26. The maximum atomic E-state index is 13.6. The topological polar surface area (TPSA) is 108 Å². The molecule has 0 aliphatic carbocycles. The normalized spacial score (nSPS) is 18.7. The van der Waals surface area contributed by atoms with Crippen LogP contribution in [0.15, 0.2) is 36.9 Å². The van der Waals surface area contributed by atoms with Crippen LogP contribution in [-0.2, 0) is 11.3 Å². The van der Waals surface area contributed by atoms with Gasteiger partial charge in [0.1, 0.15) is 18.1 Å². The van der Waals surface area contributed by atoms with Gasteiger partial charge in [0.25, 0.3) is 0 Å². The van der Waals surface area contributed by atoms with E-state index in [0.717, 1.165) is 45.1 Å². The molecule has 0 spiro atoms. The Kier molecular flexibility index (Phi) is 6.60. The monoisotopic (exact) mass is 463 g/mol. The molecule has 0 saturated carbocycles. The molecule has 0 bridgehead atoms. The summed E-state index contributed by atoms with van der Waals surface area (Å²) in [4.78, 5) is 17.5. The molecule has 10 nitrogen and oxygen atoms in total. The van der Waals surface area contributed by atoms with Gasteiger partial charge >= 0.3 is 0 Å². The third-order valence-electron chi connectivity index (χ3n) is 6.01. The summed E-state index contributed by atoms with van der Waals surface area (Å²) in [6, 6.07) is 5.69. The second-order valence-electron chi connectivity index (χ2n) is 8.38. The van der Waals surface area contributed by atoms with Crippen LogP contribution in [0.25, 0.3) is 11.3 Å². The lowest BCUT2D eigenvalue weighted by Gasteiger charge is -2.26. The lowest BCUT2D eigenvalue weighted by atomic mass is 10.1. The highest BCUT2D eigenvalue weighted by Crippen LogP contribution is 2.27. The van der Waals surface area contributed by atoms with Crippen LogP contribution in [0.1, 0.15) is 12.0 Å². The highest BCUT2D eigenvalue weighted by Gasteiger charge is 2.25. The van der Waals surface area contributed by atoms with Gasteiger partial charge in [-0.1, -0.05) is 0 Å². The van der Waals surface area contributed by atoms with Crippen LogP contribution < -0.4 is 10.2 Å². The first-order chi connectivity index (χ1) is 16.7. The molecule has 5 heterocycles. The van der Waals surface area contributed by atoms with Crippen molar-refractivity contribution in [2.75, 3.05) is 56.2 Å². The first kappa shape index (κ1) is 22.2. The van der Waals surface area contributed by atoms with Gasteiger partial charge in [-0.25, -0.2) is 19.3 Å². The van der Waals surface area contributed by atoms with Crippen LogP contribution in [0.4, 0.5) is 21.8 Å². The highest BCUT2D eigenvalue weighted by atomic mass is 19.1. The number of nitrogens with zero attached hydrogens (tertiary/aromatic N) is 8. The SMILES string of the molecule is N#Cc1cc(-c2ccnc(Nc3cnn(CCN4CCOCC4)c3)n2)cnc1N1CC[C@H](F)C1. The van der Waals surface area contributed by atoms with Crippen molar-refractivity contribution in [3.63, 3.8) is 0 Å². The molecule has 2 aliphatic heterocycles. The number of anilines is 3. The van der Waals surface area contributed by atoms with E-state index in [9.17, 15) is 9.65 Å². The van der Waals surface area contributed by atoms with Gasteiger partial charge in [-0.2, -0.15) is 10.4 Å². The molecule has 3 aromatic heterocycles. The van der Waals surface area contributed by atoms with Gasteiger partial charge < -0.3 is 15.0 Å². The number of ether oxygens (including phenoxy) is 1.